The molecule has 0 atom stereocenters. The molecule has 1 N–H and O–H groups in total. The van der Waals surface area contributed by atoms with Crippen LogP contribution in [0.15, 0.2) is 66.2 Å². The van der Waals surface area contributed by atoms with Crippen molar-refractivity contribution in [2.24, 2.45) is 0 Å². The summed E-state index contributed by atoms with van der Waals surface area (Å²) in [4.78, 5) is 27.0. The van der Waals surface area contributed by atoms with E-state index in [1.54, 1.807) is 60.7 Å². The topological polar surface area (TPSA) is 67.9 Å². The van der Waals surface area contributed by atoms with Crippen molar-refractivity contribution in [3.8, 4) is 11.5 Å². The zero-order valence-corrected chi connectivity index (χ0v) is 21.3. The summed E-state index contributed by atoms with van der Waals surface area (Å²) in [5.41, 5.74) is 1.71. The number of hydrogen-bond donors (Lipinski definition) is 1. The van der Waals surface area contributed by atoms with E-state index in [9.17, 15) is 9.59 Å². The third-order valence-electron chi connectivity index (χ3n) is 5.08. The summed E-state index contributed by atoms with van der Waals surface area (Å²) in [5, 5.41) is 4.07. The average molecular weight is 548 g/mol. The van der Waals surface area contributed by atoms with Crippen LogP contribution in [-0.2, 0) is 16.2 Å². The third-order valence-corrected chi connectivity index (χ3v) is 6.21. The van der Waals surface area contributed by atoms with Gasteiger partial charge in [-0.15, -0.1) is 0 Å². The fourth-order valence-electron chi connectivity index (χ4n) is 3.34. The molecule has 1 heterocycles. The van der Waals surface area contributed by atoms with Crippen molar-refractivity contribution in [2.45, 2.75) is 6.61 Å². The molecule has 3 aromatic carbocycles. The largest absolute Gasteiger partial charge is 0.493 e. The number of benzene rings is 3. The minimum atomic E-state index is -0.595. The molecule has 6 nitrogen and oxygen atoms in total. The van der Waals surface area contributed by atoms with Gasteiger partial charge in [-0.2, -0.15) is 0 Å². The van der Waals surface area contributed by atoms with E-state index < -0.39 is 11.8 Å². The van der Waals surface area contributed by atoms with Crippen molar-refractivity contribution in [2.75, 3.05) is 12.0 Å². The number of nitrogens with zero attached hydrogens (tertiary/aromatic N) is 1. The molecule has 0 radical (unpaired) electrons. The van der Waals surface area contributed by atoms with Gasteiger partial charge in [0.25, 0.3) is 11.8 Å². The Bertz CT molecular complexity index is 1360. The summed E-state index contributed by atoms with van der Waals surface area (Å²) in [7, 11) is 1.49. The maximum absolute atomic E-state index is 13.2. The van der Waals surface area contributed by atoms with Gasteiger partial charge >= 0.3 is 0 Å². The van der Waals surface area contributed by atoms with E-state index in [2.05, 4.69) is 5.32 Å². The Kier molecular flexibility index (Phi) is 7.62. The van der Waals surface area contributed by atoms with E-state index in [-0.39, 0.29) is 17.3 Å². The number of hydrogen-bond acceptors (Lipinski definition) is 5. The summed E-state index contributed by atoms with van der Waals surface area (Å²) in [6, 6.07) is 16.7. The normalized spacial score (nSPS) is 14.8. The molecule has 0 aromatic heterocycles. The average Bonchev–Trinajstić information content (AvgIpc) is 2.82. The van der Waals surface area contributed by atoms with Crippen molar-refractivity contribution in [3.63, 3.8) is 0 Å². The SMILES string of the molecule is COc1cc(/C=C2\C(=O)NC(=S)N(c3ccc(Cl)cc3)C2=O)ccc1OCc1ccc(Cl)cc1Cl. The van der Waals surface area contributed by atoms with Crippen LogP contribution in [0.5, 0.6) is 11.5 Å². The van der Waals surface area contributed by atoms with Crippen molar-refractivity contribution < 1.29 is 19.1 Å². The molecule has 0 saturated carbocycles. The second kappa shape index (κ2) is 10.7. The molecule has 2 amide bonds. The highest BCUT2D eigenvalue weighted by Gasteiger charge is 2.34. The smallest absolute Gasteiger partial charge is 0.270 e. The van der Waals surface area contributed by atoms with Crippen LogP contribution < -0.4 is 19.7 Å². The molecule has 1 saturated heterocycles. The van der Waals surface area contributed by atoms with Crippen molar-refractivity contribution in [3.05, 3.63) is 92.4 Å². The summed E-state index contributed by atoms with van der Waals surface area (Å²) >= 11 is 23.3. The van der Waals surface area contributed by atoms with Crippen LogP contribution in [0.1, 0.15) is 11.1 Å². The molecule has 0 aliphatic carbocycles. The Morgan fingerprint density at radius 3 is 2.34 bits per heavy atom. The van der Waals surface area contributed by atoms with Gasteiger partial charge in [-0.25, -0.2) is 0 Å². The van der Waals surface area contributed by atoms with E-state index >= 15 is 0 Å². The van der Waals surface area contributed by atoms with E-state index in [4.69, 9.17) is 56.5 Å². The Labute approximate surface area is 222 Å². The van der Waals surface area contributed by atoms with Gasteiger partial charge < -0.3 is 9.47 Å². The quantitative estimate of drug-likeness (QED) is 0.231. The van der Waals surface area contributed by atoms with Crippen LogP contribution in [0, 0.1) is 0 Å². The number of amides is 2. The van der Waals surface area contributed by atoms with Crippen molar-refractivity contribution in [1.82, 2.24) is 5.32 Å². The van der Waals surface area contributed by atoms with Gasteiger partial charge in [0, 0.05) is 20.6 Å². The molecular formula is C25H17Cl3N2O4S. The van der Waals surface area contributed by atoms with Crippen LogP contribution in [0.25, 0.3) is 6.08 Å². The number of thiocarbonyl (C=S) groups is 1. The van der Waals surface area contributed by atoms with E-state index in [0.717, 1.165) is 5.56 Å². The molecule has 3 aromatic rings. The van der Waals surface area contributed by atoms with Gasteiger partial charge in [-0.1, -0.05) is 46.9 Å². The van der Waals surface area contributed by atoms with Crippen LogP contribution >= 0.6 is 47.0 Å². The first-order valence-electron chi connectivity index (χ1n) is 10.2. The van der Waals surface area contributed by atoms with Crippen LogP contribution in [-0.4, -0.2) is 24.0 Å². The molecule has 4 rings (SSSR count). The zero-order valence-electron chi connectivity index (χ0n) is 18.2. The minimum Gasteiger partial charge on any atom is -0.493 e. The van der Waals surface area contributed by atoms with Gasteiger partial charge in [0.05, 0.1) is 12.8 Å². The fraction of sp³-hybridized carbons (Fsp3) is 0.0800. The van der Waals surface area contributed by atoms with Crippen molar-refractivity contribution in [1.29, 1.82) is 0 Å². The second-order valence-corrected chi connectivity index (χ2v) is 9.04. The molecule has 0 spiro atoms. The Morgan fingerprint density at radius 2 is 1.66 bits per heavy atom. The Balaban J connectivity index is 1.59. The maximum Gasteiger partial charge on any atom is 0.270 e. The number of methoxy groups -OCH3 is 1. The fourth-order valence-corrected chi connectivity index (χ4v) is 4.21. The lowest BCUT2D eigenvalue weighted by Crippen LogP contribution is -2.54. The van der Waals surface area contributed by atoms with E-state index in [0.29, 0.717) is 37.8 Å². The highest BCUT2D eigenvalue weighted by Crippen LogP contribution is 2.31. The lowest BCUT2D eigenvalue weighted by Gasteiger charge is -2.29. The van der Waals surface area contributed by atoms with Gasteiger partial charge in [-0.3, -0.25) is 19.8 Å². The number of nitrogens with one attached hydrogen (secondary N) is 1. The molecule has 1 aliphatic rings. The molecule has 0 unspecified atom stereocenters. The maximum atomic E-state index is 13.2. The Hall–Kier alpha value is -3.10. The number of halogens is 3. The predicted octanol–water partition coefficient (Wildman–Crippen LogP) is 6.07. The number of carbonyl (C=O) groups is 2. The van der Waals surface area contributed by atoms with E-state index in [1.165, 1.54) is 18.1 Å². The number of anilines is 1. The molecule has 10 heteroatoms. The second-order valence-electron chi connectivity index (χ2n) is 7.37. The van der Waals surface area contributed by atoms with Gasteiger partial charge in [0.15, 0.2) is 16.6 Å². The third kappa shape index (κ3) is 5.60. The zero-order chi connectivity index (χ0) is 25.1. The summed E-state index contributed by atoms with van der Waals surface area (Å²) < 4.78 is 11.3. The minimum absolute atomic E-state index is 0.0124. The van der Waals surface area contributed by atoms with Gasteiger partial charge in [0.2, 0.25) is 0 Å². The standard InChI is InChI=1S/C25H17Cl3N2O4S/c1-33-22-11-14(2-9-21(22)34-13-15-3-4-17(27)12-20(15)28)10-19-23(31)29-25(35)30(24(19)32)18-7-5-16(26)6-8-18/h2-12H,13H2,1H3,(H,29,31,35)/b19-10+. The summed E-state index contributed by atoms with van der Waals surface area (Å²) in [6.45, 7) is 0.196. The molecule has 1 aliphatic heterocycles. The summed E-state index contributed by atoms with van der Waals surface area (Å²) in [5.74, 6) is -0.276. The lowest BCUT2D eigenvalue weighted by molar-refractivity contribution is -0.122. The Morgan fingerprint density at radius 1 is 0.943 bits per heavy atom. The number of ether oxygens (including phenoxy) is 2. The molecule has 1 fully saturated rings. The van der Waals surface area contributed by atoms with Gasteiger partial charge in [0.1, 0.15) is 12.2 Å². The predicted molar refractivity (Wildman–Crippen MR) is 141 cm³/mol. The first-order valence-corrected chi connectivity index (χ1v) is 11.7. The highest BCUT2D eigenvalue weighted by atomic mass is 35.5. The van der Waals surface area contributed by atoms with Crippen LogP contribution in [0.2, 0.25) is 15.1 Å². The molecular weight excluding hydrogens is 531 g/mol. The number of rotatable bonds is 6. The molecule has 178 valence electrons. The first kappa shape index (κ1) is 25.0. The monoisotopic (exact) mass is 546 g/mol. The summed E-state index contributed by atoms with van der Waals surface area (Å²) in [6.07, 6.45) is 1.46. The van der Waals surface area contributed by atoms with Crippen LogP contribution in [0.4, 0.5) is 5.69 Å². The highest BCUT2D eigenvalue weighted by molar-refractivity contribution is 7.80. The van der Waals surface area contributed by atoms with Crippen LogP contribution in [0.3, 0.4) is 0 Å². The number of carbonyl (C=O) groups excluding carboxylic acids is 2. The molecule has 0 bridgehead atoms. The first-order chi connectivity index (χ1) is 16.8. The molecule has 35 heavy (non-hydrogen) atoms. The van der Waals surface area contributed by atoms with E-state index in [1.807, 2.05) is 0 Å². The lowest BCUT2D eigenvalue weighted by atomic mass is 10.1. The van der Waals surface area contributed by atoms with Gasteiger partial charge in [-0.05, 0) is 72.4 Å². The van der Waals surface area contributed by atoms with Crippen molar-refractivity contribution >= 4 is 75.7 Å².